The second kappa shape index (κ2) is 20.4. The molecule has 0 amide bonds. The van der Waals surface area contributed by atoms with Crippen LogP contribution in [0.5, 0.6) is 0 Å². The minimum Gasteiger partial charge on any atom is -0.455 e. The molecule has 2 aliphatic rings. The number of aliphatic hydroxyl groups is 4. The average Bonchev–Trinajstić information content (AvgIpc) is 3.30. The summed E-state index contributed by atoms with van der Waals surface area (Å²) < 4.78 is 40.3. The lowest BCUT2D eigenvalue weighted by Crippen LogP contribution is -2.65. The molecule has 10 atom stereocenters. The lowest BCUT2D eigenvalue weighted by atomic mass is 9.97. The predicted molar refractivity (Wildman–Crippen MR) is 171 cm³/mol. The molecule has 0 radical (unpaired) electrons. The summed E-state index contributed by atoms with van der Waals surface area (Å²) in [7, 11) is 0. The maximum Gasteiger partial charge on any atom is 0.309 e. The molecule has 0 aromatic rings. The number of ether oxygens (including phenoxy) is 7. The highest BCUT2D eigenvalue weighted by molar-refractivity contribution is 5.73. The Hall–Kier alpha value is -2.40. The molecule has 0 aromatic heterocycles. The first-order valence-corrected chi connectivity index (χ1v) is 17.4. The second-order valence-corrected chi connectivity index (χ2v) is 13.7. The molecule has 0 spiro atoms. The highest BCUT2D eigenvalue weighted by atomic mass is 16.8. The Bertz CT molecular complexity index is 1050. The van der Waals surface area contributed by atoms with E-state index in [9.17, 15) is 39.6 Å². The number of carbonyl (C=O) groups excluding carboxylic acids is 4. The van der Waals surface area contributed by atoms with E-state index in [1.54, 1.807) is 27.7 Å². The molecule has 4 N–H and O–H groups in total. The van der Waals surface area contributed by atoms with Crippen molar-refractivity contribution in [1.82, 2.24) is 0 Å². The monoisotopic (exact) mass is 706 g/mol. The molecule has 15 heteroatoms. The summed E-state index contributed by atoms with van der Waals surface area (Å²) in [5.74, 6) is -5.55. The molecule has 0 aliphatic carbocycles. The normalized spacial score (nSPS) is 30.6. The van der Waals surface area contributed by atoms with E-state index in [0.29, 0.717) is 18.8 Å². The molecular formula is C34H58O15. The molecule has 0 bridgehead atoms. The molecule has 15 nitrogen and oxygen atoms in total. The van der Waals surface area contributed by atoms with Gasteiger partial charge in [0.25, 0.3) is 0 Å². The van der Waals surface area contributed by atoms with Gasteiger partial charge in [-0.1, -0.05) is 67.2 Å². The van der Waals surface area contributed by atoms with Crippen molar-refractivity contribution in [2.45, 2.75) is 155 Å². The first kappa shape index (κ1) is 42.8. The maximum atomic E-state index is 13.1. The zero-order chi connectivity index (χ0) is 36.9. The predicted octanol–water partition coefficient (Wildman–Crippen LogP) is 1.92. The van der Waals surface area contributed by atoms with Gasteiger partial charge < -0.3 is 53.6 Å². The molecular weight excluding hydrogens is 648 g/mol. The summed E-state index contributed by atoms with van der Waals surface area (Å²) in [5, 5.41) is 41.9. The Kier molecular flexibility index (Phi) is 17.8. The largest absolute Gasteiger partial charge is 0.455 e. The van der Waals surface area contributed by atoms with E-state index in [1.165, 1.54) is 0 Å². The lowest BCUT2D eigenvalue weighted by molar-refractivity contribution is -0.384. The number of esters is 4. The third-order valence-corrected chi connectivity index (χ3v) is 8.54. The summed E-state index contributed by atoms with van der Waals surface area (Å²) >= 11 is 0. The number of unbranched alkanes of at least 4 members (excludes halogenated alkanes) is 3. The smallest absolute Gasteiger partial charge is 0.309 e. The van der Waals surface area contributed by atoms with E-state index < -0.39 is 104 Å². The van der Waals surface area contributed by atoms with Gasteiger partial charge in [-0.2, -0.15) is 0 Å². The molecule has 49 heavy (non-hydrogen) atoms. The molecule has 2 rings (SSSR count). The SMILES string of the molecule is CCC(C)C(=O)OC1C(OC(=O)CC(C)C)C(CO)OC(OC2(CO)OC(CO)C(O)C2OC(=O)CCCCCCC(C)C)C1OC(C)=O. The van der Waals surface area contributed by atoms with Crippen molar-refractivity contribution in [3.8, 4) is 0 Å². The van der Waals surface area contributed by atoms with E-state index in [4.69, 9.17) is 33.2 Å². The molecule has 10 unspecified atom stereocenters. The Balaban J connectivity index is 2.45. The molecule has 0 saturated carbocycles. The number of rotatable bonds is 20. The molecule has 2 heterocycles. The third kappa shape index (κ3) is 12.4. The first-order chi connectivity index (χ1) is 23.1. The second-order valence-electron chi connectivity index (χ2n) is 13.7. The number of carbonyl (C=O) groups is 4. The Labute approximate surface area is 288 Å². The molecule has 0 aromatic carbocycles. The van der Waals surface area contributed by atoms with Crippen LogP contribution in [0, 0.1) is 17.8 Å². The van der Waals surface area contributed by atoms with Crippen molar-refractivity contribution in [2.24, 2.45) is 17.8 Å². The summed E-state index contributed by atoms with van der Waals surface area (Å²) in [6, 6.07) is 0. The minimum atomic E-state index is -2.38. The van der Waals surface area contributed by atoms with Gasteiger partial charge in [0, 0.05) is 19.8 Å². The fourth-order valence-electron chi connectivity index (χ4n) is 5.65. The van der Waals surface area contributed by atoms with E-state index in [1.807, 2.05) is 0 Å². The van der Waals surface area contributed by atoms with Crippen LogP contribution in [0.15, 0.2) is 0 Å². The fourth-order valence-corrected chi connectivity index (χ4v) is 5.65. The Morgan fingerprint density at radius 3 is 1.98 bits per heavy atom. The van der Waals surface area contributed by atoms with Crippen LogP contribution in [0.2, 0.25) is 0 Å². The van der Waals surface area contributed by atoms with Crippen LogP contribution in [-0.4, -0.2) is 119 Å². The number of hydrogen-bond acceptors (Lipinski definition) is 15. The van der Waals surface area contributed by atoms with Crippen LogP contribution >= 0.6 is 0 Å². The fraction of sp³-hybridized carbons (Fsp3) is 0.882. The lowest BCUT2D eigenvalue weighted by Gasteiger charge is -2.46. The average molecular weight is 707 g/mol. The van der Waals surface area contributed by atoms with Crippen LogP contribution < -0.4 is 0 Å². The maximum absolute atomic E-state index is 13.1. The van der Waals surface area contributed by atoms with Crippen LogP contribution in [0.1, 0.15) is 99.8 Å². The quantitative estimate of drug-likeness (QED) is 0.0809. The van der Waals surface area contributed by atoms with Crippen molar-refractivity contribution in [1.29, 1.82) is 0 Å². The molecule has 2 fully saturated rings. The van der Waals surface area contributed by atoms with Gasteiger partial charge >= 0.3 is 23.9 Å². The summed E-state index contributed by atoms with van der Waals surface area (Å²) in [4.78, 5) is 51.2. The zero-order valence-electron chi connectivity index (χ0n) is 29.9. The van der Waals surface area contributed by atoms with E-state index in [2.05, 4.69) is 13.8 Å². The van der Waals surface area contributed by atoms with Gasteiger partial charge in [0.1, 0.15) is 24.9 Å². The first-order valence-electron chi connectivity index (χ1n) is 17.4. The standard InChI is InChI=1S/C34H58O15/c1-8-21(6)32(42)47-29-28(45-26(40)15-20(4)5)24(17-36)44-33(30(29)43-22(7)38)49-34(18-37)31(27(41)23(16-35)48-34)46-25(39)14-12-10-9-11-13-19(2)3/h19-21,23-24,27-31,33,35-37,41H,8-18H2,1-7H3. The summed E-state index contributed by atoms with van der Waals surface area (Å²) in [6.45, 7) is 9.69. The van der Waals surface area contributed by atoms with Gasteiger partial charge in [0.2, 0.25) is 12.1 Å². The van der Waals surface area contributed by atoms with Gasteiger partial charge in [-0.3, -0.25) is 19.2 Å². The van der Waals surface area contributed by atoms with Crippen LogP contribution in [0.3, 0.4) is 0 Å². The van der Waals surface area contributed by atoms with Gasteiger partial charge in [-0.15, -0.1) is 0 Å². The Morgan fingerprint density at radius 2 is 1.43 bits per heavy atom. The van der Waals surface area contributed by atoms with Crippen molar-refractivity contribution < 1.29 is 72.8 Å². The van der Waals surface area contributed by atoms with E-state index >= 15 is 0 Å². The van der Waals surface area contributed by atoms with Gasteiger partial charge in [0.15, 0.2) is 24.4 Å². The topological polar surface area (TPSA) is 214 Å². The van der Waals surface area contributed by atoms with Crippen LogP contribution in [0.25, 0.3) is 0 Å². The van der Waals surface area contributed by atoms with Gasteiger partial charge in [-0.05, 0) is 24.7 Å². The molecule has 2 aliphatic heterocycles. The van der Waals surface area contributed by atoms with Crippen molar-refractivity contribution in [3.05, 3.63) is 0 Å². The highest BCUT2D eigenvalue weighted by Crippen LogP contribution is 2.40. The molecule has 284 valence electrons. The van der Waals surface area contributed by atoms with Gasteiger partial charge in [0.05, 0.1) is 19.1 Å². The third-order valence-electron chi connectivity index (χ3n) is 8.54. The van der Waals surface area contributed by atoms with Crippen LogP contribution in [0.4, 0.5) is 0 Å². The van der Waals surface area contributed by atoms with Crippen molar-refractivity contribution in [2.75, 3.05) is 19.8 Å². The highest BCUT2D eigenvalue weighted by Gasteiger charge is 2.62. The van der Waals surface area contributed by atoms with E-state index in [-0.39, 0.29) is 18.8 Å². The minimum absolute atomic E-state index is 0.00412. The summed E-state index contributed by atoms with van der Waals surface area (Å²) in [6.07, 6.45) is -8.02. The van der Waals surface area contributed by atoms with Crippen LogP contribution in [-0.2, 0) is 52.3 Å². The zero-order valence-corrected chi connectivity index (χ0v) is 29.9. The van der Waals surface area contributed by atoms with Crippen molar-refractivity contribution >= 4 is 23.9 Å². The number of hydrogen-bond donors (Lipinski definition) is 4. The number of aliphatic hydroxyl groups excluding tert-OH is 4. The van der Waals surface area contributed by atoms with E-state index in [0.717, 1.165) is 32.6 Å². The van der Waals surface area contributed by atoms with Gasteiger partial charge in [-0.25, -0.2) is 0 Å². The van der Waals surface area contributed by atoms with Crippen molar-refractivity contribution in [3.63, 3.8) is 0 Å². The summed E-state index contributed by atoms with van der Waals surface area (Å²) in [5.41, 5.74) is 0. The Morgan fingerprint density at radius 1 is 0.776 bits per heavy atom. The molecule has 2 saturated heterocycles.